The van der Waals surface area contributed by atoms with Crippen LogP contribution < -0.4 is 5.32 Å². The van der Waals surface area contributed by atoms with E-state index in [4.69, 9.17) is 4.74 Å². The van der Waals surface area contributed by atoms with Crippen molar-refractivity contribution in [2.45, 2.75) is 39.5 Å². The molecule has 1 aliphatic rings. The zero-order valence-electron chi connectivity index (χ0n) is 16.4. The molecule has 1 N–H and O–H groups in total. The van der Waals surface area contributed by atoms with Crippen molar-refractivity contribution in [1.82, 2.24) is 19.5 Å². The smallest absolute Gasteiger partial charge is 0.254 e. The molecule has 2 aromatic heterocycles. The summed E-state index contributed by atoms with van der Waals surface area (Å²) in [4.78, 5) is 19.1. The summed E-state index contributed by atoms with van der Waals surface area (Å²) in [7, 11) is 0. The first-order valence-electron chi connectivity index (χ1n) is 9.58. The minimum Gasteiger partial charge on any atom is -0.372 e. The van der Waals surface area contributed by atoms with Crippen LogP contribution in [0.25, 0.3) is 5.52 Å². The monoisotopic (exact) mass is 379 g/mol. The van der Waals surface area contributed by atoms with Crippen LogP contribution in [0.1, 0.15) is 35.5 Å². The summed E-state index contributed by atoms with van der Waals surface area (Å²) >= 11 is 0. The number of nitrogens with one attached hydrogen (secondary N) is 1. The van der Waals surface area contributed by atoms with Crippen LogP contribution in [-0.2, 0) is 11.3 Å². The van der Waals surface area contributed by atoms with E-state index in [0.29, 0.717) is 25.2 Å². The number of carbonyl (C=O) groups is 1. The number of carbonyl (C=O) groups excluding carboxylic acids is 1. The molecule has 2 atom stereocenters. The molecule has 1 aliphatic heterocycles. The van der Waals surface area contributed by atoms with E-state index < -0.39 is 0 Å². The number of hydrogen-bond acceptors (Lipinski definition) is 5. The topological polar surface area (TPSA) is 71.8 Å². The Morgan fingerprint density at radius 2 is 1.93 bits per heavy atom. The minimum absolute atomic E-state index is 0.0580. The van der Waals surface area contributed by atoms with Gasteiger partial charge in [0.05, 0.1) is 17.9 Å². The van der Waals surface area contributed by atoms with E-state index in [1.807, 2.05) is 66.7 Å². The van der Waals surface area contributed by atoms with Gasteiger partial charge in [0.2, 0.25) is 0 Å². The van der Waals surface area contributed by atoms with Crippen molar-refractivity contribution >= 4 is 17.2 Å². The number of hydrogen-bond donors (Lipinski definition) is 1. The van der Waals surface area contributed by atoms with E-state index in [0.717, 1.165) is 22.6 Å². The molecule has 28 heavy (non-hydrogen) atoms. The molecule has 3 heterocycles. The summed E-state index contributed by atoms with van der Waals surface area (Å²) in [5, 5.41) is 7.76. The summed E-state index contributed by atoms with van der Waals surface area (Å²) in [6.07, 6.45) is 3.70. The molecule has 4 rings (SSSR count). The van der Waals surface area contributed by atoms with Gasteiger partial charge in [-0.2, -0.15) is 5.10 Å². The molecule has 7 heteroatoms. The predicted octanol–water partition coefficient (Wildman–Crippen LogP) is 2.90. The largest absolute Gasteiger partial charge is 0.372 e. The van der Waals surface area contributed by atoms with Crippen LogP contribution in [0, 0.1) is 6.92 Å². The quantitative estimate of drug-likeness (QED) is 0.755. The van der Waals surface area contributed by atoms with Crippen molar-refractivity contribution in [3.8, 4) is 0 Å². The minimum atomic E-state index is 0.0580. The summed E-state index contributed by atoms with van der Waals surface area (Å²) in [6.45, 7) is 7.85. The number of aryl methyl sites for hydroxylation is 1. The molecule has 0 spiro atoms. The predicted molar refractivity (Wildman–Crippen MR) is 107 cm³/mol. The number of rotatable bonds is 4. The van der Waals surface area contributed by atoms with Crippen molar-refractivity contribution in [3.63, 3.8) is 0 Å². The Labute approximate surface area is 164 Å². The molecular weight excluding hydrogens is 354 g/mol. The van der Waals surface area contributed by atoms with E-state index in [9.17, 15) is 4.79 Å². The fourth-order valence-electron chi connectivity index (χ4n) is 3.66. The Kier molecular flexibility index (Phi) is 5.00. The van der Waals surface area contributed by atoms with Crippen LogP contribution in [0.2, 0.25) is 0 Å². The summed E-state index contributed by atoms with van der Waals surface area (Å²) < 4.78 is 7.53. The van der Waals surface area contributed by atoms with E-state index in [1.54, 1.807) is 6.20 Å². The Morgan fingerprint density at radius 3 is 2.64 bits per heavy atom. The SMILES string of the molecule is Cc1cc2c(NCc3ccc(C(=O)N4CC(C)OC(C)C4)cc3)nccn2n1. The highest BCUT2D eigenvalue weighted by atomic mass is 16.5. The highest BCUT2D eigenvalue weighted by Crippen LogP contribution is 2.17. The molecule has 146 valence electrons. The van der Waals surface area contributed by atoms with Crippen LogP contribution >= 0.6 is 0 Å². The lowest BCUT2D eigenvalue weighted by Gasteiger charge is -2.35. The second kappa shape index (κ2) is 7.59. The summed E-state index contributed by atoms with van der Waals surface area (Å²) in [6, 6.07) is 9.74. The van der Waals surface area contributed by atoms with E-state index in [1.165, 1.54) is 0 Å². The number of nitrogens with zero attached hydrogens (tertiary/aromatic N) is 4. The zero-order chi connectivity index (χ0) is 19.7. The van der Waals surface area contributed by atoms with Crippen molar-refractivity contribution < 1.29 is 9.53 Å². The first-order chi connectivity index (χ1) is 13.5. The molecule has 0 radical (unpaired) electrons. The molecule has 3 aromatic rings. The van der Waals surface area contributed by atoms with Gasteiger partial charge in [-0.25, -0.2) is 9.50 Å². The van der Waals surface area contributed by atoms with Crippen molar-refractivity contribution in [3.05, 3.63) is 59.5 Å². The average Bonchev–Trinajstić information content (AvgIpc) is 3.06. The molecule has 0 bridgehead atoms. The molecule has 1 aromatic carbocycles. The third kappa shape index (κ3) is 3.84. The molecule has 1 saturated heterocycles. The van der Waals surface area contributed by atoms with Crippen LogP contribution in [0.3, 0.4) is 0 Å². The number of morpholine rings is 1. The number of ether oxygens (including phenoxy) is 1. The highest BCUT2D eigenvalue weighted by molar-refractivity contribution is 5.94. The maximum Gasteiger partial charge on any atom is 0.254 e. The summed E-state index contributed by atoms with van der Waals surface area (Å²) in [5.41, 5.74) is 3.69. The lowest BCUT2D eigenvalue weighted by molar-refractivity contribution is -0.0586. The van der Waals surface area contributed by atoms with Gasteiger partial charge in [0.15, 0.2) is 5.82 Å². The van der Waals surface area contributed by atoms with Crippen molar-refractivity contribution in [1.29, 1.82) is 0 Å². The van der Waals surface area contributed by atoms with Gasteiger partial charge in [-0.1, -0.05) is 12.1 Å². The Morgan fingerprint density at radius 1 is 1.21 bits per heavy atom. The van der Waals surface area contributed by atoms with Gasteiger partial charge >= 0.3 is 0 Å². The van der Waals surface area contributed by atoms with Crippen molar-refractivity contribution in [2.75, 3.05) is 18.4 Å². The molecule has 1 fully saturated rings. The number of aromatic nitrogens is 3. The lowest BCUT2D eigenvalue weighted by atomic mass is 10.1. The fourth-order valence-corrected chi connectivity index (χ4v) is 3.66. The van der Waals surface area contributed by atoms with Crippen LogP contribution in [0.5, 0.6) is 0 Å². The molecular formula is C21H25N5O2. The van der Waals surface area contributed by atoms with Gasteiger partial charge in [0.25, 0.3) is 5.91 Å². The average molecular weight is 379 g/mol. The number of anilines is 1. The molecule has 7 nitrogen and oxygen atoms in total. The Bertz CT molecular complexity index is 972. The Hall–Kier alpha value is -2.93. The summed E-state index contributed by atoms with van der Waals surface area (Å²) in [5.74, 6) is 0.849. The van der Waals surface area contributed by atoms with Gasteiger partial charge in [-0.05, 0) is 44.5 Å². The molecule has 1 amide bonds. The number of amides is 1. The number of fused-ring (bicyclic) bond motifs is 1. The Balaban J connectivity index is 1.42. The maximum absolute atomic E-state index is 12.8. The molecule has 0 aliphatic carbocycles. The molecule has 0 saturated carbocycles. The van der Waals surface area contributed by atoms with Gasteiger partial charge < -0.3 is 15.0 Å². The van der Waals surface area contributed by atoms with E-state index in [-0.39, 0.29) is 18.1 Å². The second-order valence-corrected chi connectivity index (χ2v) is 7.41. The van der Waals surface area contributed by atoms with Crippen LogP contribution in [0.15, 0.2) is 42.7 Å². The van der Waals surface area contributed by atoms with Crippen LogP contribution in [0.4, 0.5) is 5.82 Å². The van der Waals surface area contributed by atoms with Crippen LogP contribution in [-0.4, -0.2) is 50.7 Å². The molecule has 2 unspecified atom stereocenters. The third-order valence-electron chi connectivity index (χ3n) is 4.88. The van der Waals surface area contributed by atoms with Gasteiger partial charge in [-0.3, -0.25) is 4.79 Å². The van der Waals surface area contributed by atoms with Gasteiger partial charge in [0.1, 0.15) is 5.52 Å². The first-order valence-corrected chi connectivity index (χ1v) is 9.58. The zero-order valence-corrected chi connectivity index (χ0v) is 16.4. The lowest BCUT2D eigenvalue weighted by Crippen LogP contribution is -2.48. The number of benzene rings is 1. The van der Waals surface area contributed by atoms with Gasteiger partial charge in [0, 0.05) is 37.6 Å². The van der Waals surface area contributed by atoms with Crippen molar-refractivity contribution in [2.24, 2.45) is 0 Å². The van der Waals surface area contributed by atoms with E-state index in [2.05, 4.69) is 15.4 Å². The van der Waals surface area contributed by atoms with Gasteiger partial charge in [-0.15, -0.1) is 0 Å². The second-order valence-electron chi connectivity index (χ2n) is 7.41. The highest BCUT2D eigenvalue weighted by Gasteiger charge is 2.26. The standard InChI is InChI=1S/C21H25N5O2/c1-14-10-19-20(22-8-9-26(19)24-14)23-11-17-4-6-18(7-5-17)21(27)25-12-15(2)28-16(3)13-25/h4-10,15-16H,11-13H2,1-3H3,(H,22,23). The third-order valence-corrected chi connectivity index (χ3v) is 4.88. The fraction of sp³-hybridized carbons (Fsp3) is 0.381. The van der Waals surface area contributed by atoms with E-state index >= 15 is 0 Å². The maximum atomic E-state index is 12.8. The normalized spacial score (nSPS) is 19.8. The first kappa shape index (κ1) is 18.4.